The van der Waals surface area contributed by atoms with Gasteiger partial charge in [0, 0.05) is 19.9 Å². The zero-order valence-electron chi connectivity index (χ0n) is 22.3. The van der Waals surface area contributed by atoms with E-state index in [2.05, 4.69) is 20.3 Å². The third kappa shape index (κ3) is 6.06. The van der Waals surface area contributed by atoms with Crippen molar-refractivity contribution in [2.24, 2.45) is 0 Å². The molecule has 4 atom stereocenters. The summed E-state index contributed by atoms with van der Waals surface area (Å²) in [4.78, 5) is 49.9. The third-order valence-electron chi connectivity index (χ3n) is 6.53. The number of alkyl halides is 1. The summed E-state index contributed by atoms with van der Waals surface area (Å²) in [7, 11) is 1.65. The molecule has 1 aliphatic rings. The number of nitrogens with one attached hydrogen (secondary N) is 1. The highest BCUT2D eigenvalue weighted by Crippen LogP contribution is 2.44. The van der Waals surface area contributed by atoms with Gasteiger partial charge >= 0.3 is 11.9 Å². The van der Waals surface area contributed by atoms with Crippen LogP contribution in [-0.2, 0) is 41.4 Å². The number of nitrogens with zero attached hydrogens (tertiary/aromatic N) is 4. The standard InChI is InChI=1S/C27H32FN5O6/c1-5-17(34)13-19-31-24(29-4)22-25(32-19)33(15-30-22)26-27(3,28)23(39-20(35)6-2)18(38-26)14-37-21(36)12-16-10-8-7-9-11-16/h7-11,15,18,23,26H,5-6,12-14H2,1-4H3,(H,29,31,32)/t18-,23-,26-,27-/m1/s1. The largest absolute Gasteiger partial charge is 0.463 e. The molecule has 0 radical (unpaired) electrons. The number of carbonyl (C=O) groups is 3. The first-order chi connectivity index (χ1) is 18.7. The number of hydrogen-bond donors (Lipinski definition) is 1. The van der Waals surface area contributed by atoms with Gasteiger partial charge in [-0.15, -0.1) is 0 Å². The van der Waals surface area contributed by atoms with Crippen LogP contribution >= 0.6 is 0 Å². The molecular formula is C27H32FN5O6. The van der Waals surface area contributed by atoms with Crippen LogP contribution in [-0.4, -0.2) is 68.8 Å². The van der Waals surface area contributed by atoms with Gasteiger partial charge in [-0.3, -0.25) is 19.0 Å². The molecule has 1 N–H and O–H groups in total. The molecular weight excluding hydrogens is 509 g/mol. The van der Waals surface area contributed by atoms with Crippen molar-refractivity contribution in [3.8, 4) is 0 Å². The molecule has 0 unspecified atom stereocenters. The van der Waals surface area contributed by atoms with E-state index in [0.29, 0.717) is 17.8 Å². The Balaban J connectivity index is 1.63. The second-order valence-electron chi connectivity index (χ2n) is 9.42. The highest BCUT2D eigenvalue weighted by molar-refractivity contribution is 5.85. The Kier molecular flexibility index (Phi) is 8.54. The van der Waals surface area contributed by atoms with Gasteiger partial charge in [0.25, 0.3) is 0 Å². The lowest BCUT2D eigenvalue weighted by Gasteiger charge is -2.27. The number of imidazole rings is 1. The Morgan fingerprint density at radius 3 is 2.51 bits per heavy atom. The highest BCUT2D eigenvalue weighted by atomic mass is 19.1. The Labute approximate surface area is 225 Å². The van der Waals surface area contributed by atoms with Crippen molar-refractivity contribution in [2.45, 2.75) is 70.6 Å². The average molecular weight is 542 g/mol. The summed E-state index contributed by atoms with van der Waals surface area (Å²) in [5.74, 6) is -0.585. The van der Waals surface area contributed by atoms with Crippen molar-refractivity contribution >= 4 is 34.7 Å². The fraction of sp³-hybridized carbons (Fsp3) is 0.481. The van der Waals surface area contributed by atoms with Crippen LogP contribution < -0.4 is 5.32 Å². The number of carbonyl (C=O) groups excluding carboxylic acids is 3. The lowest BCUT2D eigenvalue weighted by molar-refractivity contribution is -0.160. The molecule has 1 aliphatic heterocycles. The smallest absolute Gasteiger partial charge is 0.310 e. The first-order valence-corrected chi connectivity index (χ1v) is 12.8. The number of hydrogen-bond acceptors (Lipinski definition) is 10. The minimum absolute atomic E-state index is 0.00143. The molecule has 3 aromatic rings. The number of aromatic nitrogens is 4. The van der Waals surface area contributed by atoms with Crippen LogP contribution in [0.1, 0.15) is 51.2 Å². The second kappa shape index (κ2) is 11.9. The molecule has 2 aromatic heterocycles. The third-order valence-corrected chi connectivity index (χ3v) is 6.53. The number of Topliss-reactive ketones (excluding diaryl/α,β-unsaturated/α-hetero) is 1. The number of fused-ring (bicyclic) bond motifs is 1. The van der Waals surface area contributed by atoms with Crippen molar-refractivity contribution in [1.29, 1.82) is 0 Å². The molecule has 0 aliphatic carbocycles. The molecule has 3 heterocycles. The molecule has 0 amide bonds. The summed E-state index contributed by atoms with van der Waals surface area (Å²) in [5.41, 5.74) is -0.896. The van der Waals surface area contributed by atoms with Crippen LogP contribution in [0.2, 0.25) is 0 Å². The van der Waals surface area contributed by atoms with Crippen LogP contribution in [0.5, 0.6) is 0 Å². The molecule has 0 saturated carbocycles. The number of anilines is 1. The maximum absolute atomic E-state index is 16.5. The Hall–Kier alpha value is -3.93. The minimum atomic E-state index is -2.25. The van der Waals surface area contributed by atoms with E-state index in [-0.39, 0.29) is 43.1 Å². The van der Waals surface area contributed by atoms with Gasteiger partial charge in [-0.05, 0) is 12.5 Å². The first-order valence-electron chi connectivity index (χ1n) is 12.8. The average Bonchev–Trinajstić information content (AvgIpc) is 3.45. The molecule has 0 spiro atoms. The van der Waals surface area contributed by atoms with E-state index < -0.39 is 36.0 Å². The lowest BCUT2D eigenvalue weighted by atomic mass is 9.98. The molecule has 1 fully saturated rings. The normalized spacial score (nSPS) is 22.5. The maximum Gasteiger partial charge on any atom is 0.310 e. The predicted octanol–water partition coefficient (Wildman–Crippen LogP) is 3.12. The van der Waals surface area contributed by atoms with Gasteiger partial charge in [-0.1, -0.05) is 44.2 Å². The topological polar surface area (TPSA) is 135 Å². The Morgan fingerprint density at radius 2 is 1.85 bits per heavy atom. The molecule has 0 bridgehead atoms. The quantitative estimate of drug-likeness (QED) is 0.361. The lowest BCUT2D eigenvalue weighted by Crippen LogP contribution is -2.44. The van der Waals surface area contributed by atoms with Crippen LogP contribution in [0.25, 0.3) is 11.2 Å². The van der Waals surface area contributed by atoms with Crippen molar-refractivity contribution in [3.05, 3.63) is 48.0 Å². The number of benzene rings is 1. The van der Waals surface area contributed by atoms with Crippen molar-refractivity contribution < 1.29 is 33.0 Å². The van der Waals surface area contributed by atoms with Crippen molar-refractivity contribution in [2.75, 3.05) is 19.0 Å². The van der Waals surface area contributed by atoms with E-state index >= 15 is 4.39 Å². The monoisotopic (exact) mass is 541 g/mol. The van der Waals surface area contributed by atoms with E-state index in [0.717, 1.165) is 5.56 Å². The molecule has 208 valence electrons. The summed E-state index contributed by atoms with van der Waals surface area (Å²) in [6, 6.07) is 9.04. The molecule has 1 aromatic carbocycles. The van der Waals surface area contributed by atoms with Gasteiger partial charge < -0.3 is 19.5 Å². The zero-order chi connectivity index (χ0) is 28.2. The van der Waals surface area contributed by atoms with E-state index in [1.165, 1.54) is 17.8 Å². The van der Waals surface area contributed by atoms with Crippen LogP contribution in [0.4, 0.5) is 10.2 Å². The summed E-state index contributed by atoms with van der Waals surface area (Å²) in [6.45, 7) is 4.27. The number of rotatable bonds is 11. The highest BCUT2D eigenvalue weighted by Gasteiger charge is 2.58. The van der Waals surface area contributed by atoms with Crippen LogP contribution in [0, 0.1) is 0 Å². The molecule has 11 nitrogen and oxygen atoms in total. The van der Waals surface area contributed by atoms with Gasteiger partial charge in [0.2, 0.25) is 0 Å². The second-order valence-corrected chi connectivity index (χ2v) is 9.42. The zero-order valence-corrected chi connectivity index (χ0v) is 22.3. The molecule has 4 rings (SSSR count). The van der Waals surface area contributed by atoms with E-state index in [1.54, 1.807) is 33.0 Å². The Bertz CT molecular complexity index is 1350. The van der Waals surface area contributed by atoms with E-state index in [9.17, 15) is 14.4 Å². The number of halogens is 1. The van der Waals surface area contributed by atoms with E-state index in [1.807, 2.05) is 18.2 Å². The van der Waals surface area contributed by atoms with Gasteiger partial charge in [0.15, 0.2) is 35.0 Å². The summed E-state index contributed by atoms with van der Waals surface area (Å²) in [5, 5.41) is 2.93. The van der Waals surface area contributed by atoms with Gasteiger partial charge in [0.05, 0.1) is 19.2 Å². The molecule has 39 heavy (non-hydrogen) atoms. The molecule has 12 heteroatoms. The Morgan fingerprint density at radius 1 is 1.10 bits per heavy atom. The maximum atomic E-state index is 16.5. The summed E-state index contributed by atoms with van der Waals surface area (Å²) in [6.07, 6.45) is -2.06. The number of ketones is 1. The fourth-order valence-corrected chi connectivity index (χ4v) is 4.43. The summed E-state index contributed by atoms with van der Waals surface area (Å²) < 4.78 is 34.8. The van der Waals surface area contributed by atoms with Crippen molar-refractivity contribution in [3.63, 3.8) is 0 Å². The van der Waals surface area contributed by atoms with Crippen molar-refractivity contribution in [1.82, 2.24) is 19.5 Å². The van der Waals surface area contributed by atoms with Gasteiger partial charge in [-0.2, -0.15) is 0 Å². The van der Waals surface area contributed by atoms with Gasteiger partial charge in [0.1, 0.15) is 24.3 Å². The van der Waals surface area contributed by atoms with Crippen LogP contribution in [0.3, 0.4) is 0 Å². The molecule has 1 saturated heterocycles. The van der Waals surface area contributed by atoms with Crippen LogP contribution in [0.15, 0.2) is 36.7 Å². The van der Waals surface area contributed by atoms with Gasteiger partial charge in [-0.25, -0.2) is 19.3 Å². The minimum Gasteiger partial charge on any atom is -0.463 e. The summed E-state index contributed by atoms with van der Waals surface area (Å²) >= 11 is 0. The number of ether oxygens (including phenoxy) is 3. The number of esters is 2. The fourth-order valence-electron chi connectivity index (χ4n) is 4.43. The van der Waals surface area contributed by atoms with E-state index in [4.69, 9.17) is 14.2 Å². The SMILES string of the molecule is CCC(=O)Cc1nc(NC)c2ncn([C@@H]3O[C@H](COC(=O)Cc4ccccc4)[C@@H](OC(=O)CC)[C@@]3(C)F)c2n1. The predicted molar refractivity (Wildman–Crippen MR) is 139 cm³/mol. The first kappa shape index (κ1) is 28.1.